The van der Waals surface area contributed by atoms with E-state index in [1.807, 2.05) is 27.7 Å². The highest BCUT2D eigenvalue weighted by atomic mass is 16.4. The molecule has 4 nitrogen and oxygen atoms in total. The van der Waals surface area contributed by atoms with Gasteiger partial charge in [-0.1, -0.05) is 27.7 Å². The fraction of sp³-hybridized carbons (Fsp3) is 0.833. The standard InChI is InChI=1S/C12H21NO3/c1-8(2)10(14)13-7-5-6-12(3,4)9(13)11(15)16/h8-9H,5-7H2,1-4H3,(H,15,16)/t9-/m0/s1. The molecule has 1 heterocycles. The van der Waals surface area contributed by atoms with Crippen molar-refractivity contribution in [2.45, 2.75) is 46.6 Å². The molecule has 1 saturated heterocycles. The molecule has 0 bridgehead atoms. The predicted molar refractivity (Wildman–Crippen MR) is 61.0 cm³/mol. The number of nitrogens with zero attached hydrogens (tertiary/aromatic N) is 1. The minimum Gasteiger partial charge on any atom is -0.480 e. The maximum atomic E-state index is 12.0. The summed E-state index contributed by atoms with van der Waals surface area (Å²) in [6.45, 7) is 8.03. The topological polar surface area (TPSA) is 57.6 Å². The van der Waals surface area contributed by atoms with E-state index in [4.69, 9.17) is 0 Å². The fourth-order valence-electron chi connectivity index (χ4n) is 2.43. The molecule has 0 spiro atoms. The zero-order valence-corrected chi connectivity index (χ0v) is 10.5. The van der Waals surface area contributed by atoms with Crippen LogP contribution >= 0.6 is 0 Å². The van der Waals surface area contributed by atoms with Crippen LogP contribution in [-0.2, 0) is 9.59 Å². The molecule has 0 aromatic rings. The van der Waals surface area contributed by atoms with Crippen molar-refractivity contribution in [3.63, 3.8) is 0 Å². The van der Waals surface area contributed by atoms with Crippen molar-refractivity contribution < 1.29 is 14.7 Å². The van der Waals surface area contributed by atoms with Gasteiger partial charge in [-0.3, -0.25) is 4.79 Å². The third-order valence-corrected chi connectivity index (χ3v) is 3.28. The molecule has 1 N–H and O–H groups in total. The molecule has 1 atom stereocenters. The van der Waals surface area contributed by atoms with E-state index < -0.39 is 12.0 Å². The Labute approximate surface area is 96.6 Å². The molecular weight excluding hydrogens is 206 g/mol. The SMILES string of the molecule is CC(C)C(=O)N1CCCC(C)(C)[C@@H]1C(=O)O. The Hall–Kier alpha value is -1.06. The predicted octanol–water partition coefficient (Wildman–Crippen LogP) is 1.74. The highest BCUT2D eigenvalue weighted by molar-refractivity contribution is 5.85. The maximum Gasteiger partial charge on any atom is 0.326 e. The monoisotopic (exact) mass is 227 g/mol. The average molecular weight is 227 g/mol. The van der Waals surface area contributed by atoms with Crippen molar-refractivity contribution in [3.05, 3.63) is 0 Å². The Balaban J connectivity index is 2.98. The van der Waals surface area contributed by atoms with E-state index in [2.05, 4.69) is 0 Å². The van der Waals surface area contributed by atoms with E-state index in [0.29, 0.717) is 6.54 Å². The van der Waals surface area contributed by atoms with E-state index >= 15 is 0 Å². The third kappa shape index (κ3) is 2.36. The molecule has 1 fully saturated rings. The van der Waals surface area contributed by atoms with Gasteiger partial charge in [0.2, 0.25) is 5.91 Å². The number of carboxylic acid groups (broad SMARTS) is 1. The summed E-state index contributed by atoms with van der Waals surface area (Å²) in [5.74, 6) is -1.09. The lowest BCUT2D eigenvalue weighted by Crippen LogP contribution is -2.57. The van der Waals surface area contributed by atoms with Crippen LogP contribution in [0.2, 0.25) is 0 Å². The maximum absolute atomic E-state index is 12.0. The smallest absolute Gasteiger partial charge is 0.326 e. The number of rotatable bonds is 2. The molecule has 16 heavy (non-hydrogen) atoms. The fourth-order valence-corrected chi connectivity index (χ4v) is 2.43. The number of piperidine rings is 1. The Bertz CT molecular complexity index is 297. The average Bonchev–Trinajstić information content (AvgIpc) is 2.13. The van der Waals surface area contributed by atoms with Gasteiger partial charge in [0, 0.05) is 12.5 Å². The van der Waals surface area contributed by atoms with Crippen molar-refractivity contribution in [1.29, 1.82) is 0 Å². The van der Waals surface area contributed by atoms with Gasteiger partial charge in [-0.05, 0) is 18.3 Å². The summed E-state index contributed by atoms with van der Waals surface area (Å²) in [6.07, 6.45) is 1.74. The molecule has 1 aliphatic heterocycles. The van der Waals surface area contributed by atoms with E-state index in [9.17, 15) is 14.7 Å². The number of likely N-dealkylation sites (tertiary alicyclic amines) is 1. The van der Waals surface area contributed by atoms with Crippen LogP contribution < -0.4 is 0 Å². The van der Waals surface area contributed by atoms with Crippen LogP contribution in [0.3, 0.4) is 0 Å². The molecule has 4 heteroatoms. The molecule has 1 rings (SSSR count). The number of amides is 1. The van der Waals surface area contributed by atoms with Crippen molar-refractivity contribution in [1.82, 2.24) is 4.90 Å². The summed E-state index contributed by atoms with van der Waals surface area (Å²) >= 11 is 0. The summed E-state index contributed by atoms with van der Waals surface area (Å²) in [4.78, 5) is 24.8. The molecular formula is C12H21NO3. The van der Waals surface area contributed by atoms with E-state index in [0.717, 1.165) is 12.8 Å². The van der Waals surface area contributed by atoms with Crippen LogP contribution in [0.4, 0.5) is 0 Å². The second-order valence-corrected chi connectivity index (χ2v) is 5.52. The molecule has 0 saturated carbocycles. The van der Waals surface area contributed by atoms with Crippen molar-refractivity contribution in [3.8, 4) is 0 Å². The molecule has 1 aliphatic rings. The van der Waals surface area contributed by atoms with Gasteiger partial charge in [0.15, 0.2) is 0 Å². The summed E-state index contributed by atoms with van der Waals surface area (Å²) in [5, 5.41) is 9.28. The Kier molecular flexibility index (Phi) is 3.61. The zero-order valence-electron chi connectivity index (χ0n) is 10.5. The van der Waals surface area contributed by atoms with Crippen LogP contribution in [0.5, 0.6) is 0 Å². The van der Waals surface area contributed by atoms with Crippen LogP contribution in [0, 0.1) is 11.3 Å². The normalized spacial score (nSPS) is 24.6. The lowest BCUT2D eigenvalue weighted by molar-refractivity contribution is -0.160. The lowest BCUT2D eigenvalue weighted by Gasteiger charge is -2.44. The van der Waals surface area contributed by atoms with Crippen molar-refractivity contribution in [2.24, 2.45) is 11.3 Å². The van der Waals surface area contributed by atoms with Gasteiger partial charge < -0.3 is 10.0 Å². The van der Waals surface area contributed by atoms with Crippen LogP contribution in [0.15, 0.2) is 0 Å². The summed E-state index contributed by atoms with van der Waals surface area (Å²) in [5.41, 5.74) is -0.339. The first-order valence-corrected chi connectivity index (χ1v) is 5.80. The Morgan fingerprint density at radius 1 is 1.38 bits per heavy atom. The van der Waals surface area contributed by atoms with Crippen LogP contribution in [0.25, 0.3) is 0 Å². The largest absolute Gasteiger partial charge is 0.480 e. The summed E-state index contributed by atoms with van der Waals surface area (Å²) in [6, 6.07) is -0.684. The highest BCUT2D eigenvalue weighted by Gasteiger charge is 2.44. The molecule has 0 unspecified atom stereocenters. The van der Waals surface area contributed by atoms with Crippen LogP contribution in [0.1, 0.15) is 40.5 Å². The Morgan fingerprint density at radius 3 is 2.38 bits per heavy atom. The number of carbonyl (C=O) groups is 2. The van der Waals surface area contributed by atoms with Gasteiger partial charge in [-0.15, -0.1) is 0 Å². The van der Waals surface area contributed by atoms with Gasteiger partial charge in [0.05, 0.1) is 0 Å². The second kappa shape index (κ2) is 4.44. The minimum atomic E-state index is -0.890. The molecule has 0 aromatic heterocycles. The van der Waals surface area contributed by atoms with Gasteiger partial charge in [-0.25, -0.2) is 4.79 Å². The van der Waals surface area contributed by atoms with Gasteiger partial charge >= 0.3 is 5.97 Å². The van der Waals surface area contributed by atoms with E-state index in [1.54, 1.807) is 0 Å². The minimum absolute atomic E-state index is 0.0554. The first-order chi connectivity index (χ1) is 7.27. The van der Waals surface area contributed by atoms with Crippen molar-refractivity contribution in [2.75, 3.05) is 6.54 Å². The Morgan fingerprint density at radius 2 is 1.94 bits per heavy atom. The van der Waals surface area contributed by atoms with Gasteiger partial charge in [0.25, 0.3) is 0 Å². The quantitative estimate of drug-likeness (QED) is 0.781. The molecule has 92 valence electrons. The van der Waals surface area contributed by atoms with Crippen molar-refractivity contribution >= 4 is 11.9 Å². The molecule has 1 amide bonds. The summed E-state index contributed by atoms with van der Waals surface area (Å²) < 4.78 is 0. The van der Waals surface area contributed by atoms with Gasteiger partial charge in [-0.2, -0.15) is 0 Å². The number of carboxylic acids is 1. The lowest BCUT2D eigenvalue weighted by atomic mass is 9.76. The number of aliphatic carboxylic acids is 1. The molecule has 0 aromatic carbocycles. The van der Waals surface area contributed by atoms with Crippen LogP contribution in [-0.4, -0.2) is 34.5 Å². The number of carbonyl (C=O) groups excluding carboxylic acids is 1. The number of hydrogen-bond acceptors (Lipinski definition) is 2. The van der Waals surface area contributed by atoms with E-state index in [-0.39, 0.29) is 17.2 Å². The first kappa shape index (κ1) is 13.0. The second-order valence-electron chi connectivity index (χ2n) is 5.52. The first-order valence-electron chi connectivity index (χ1n) is 5.80. The zero-order chi connectivity index (χ0) is 12.5. The van der Waals surface area contributed by atoms with Gasteiger partial charge in [0.1, 0.15) is 6.04 Å². The van der Waals surface area contributed by atoms with E-state index in [1.165, 1.54) is 4.90 Å². The summed E-state index contributed by atoms with van der Waals surface area (Å²) in [7, 11) is 0. The molecule has 0 radical (unpaired) electrons. The highest BCUT2D eigenvalue weighted by Crippen LogP contribution is 2.35. The number of hydrogen-bond donors (Lipinski definition) is 1. The third-order valence-electron chi connectivity index (χ3n) is 3.28. The molecule has 0 aliphatic carbocycles.